The van der Waals surface area contributed by atoms with E-state index >= 15 is 0 Å². The number of nitrogens with one attached hydrogen (secondary N) is 1. The van der Waals surface area contributed by atoms with Crippen molar-refractivity contribution in [2.45, 2.75) is 24.5 Å². The highest BCUT2D eigenvalue weighted by Crippen LogP contribution is 2.46. The summed E-state index contributed by atoms with van der Waals surface area (Å²) in [5.74, 6) is -0.278. The number of rotatable bonds is 0. The fraction of sp³-hybridized carbons (Fsp3) is 0.250. The van der Waals surface area contributed by atoms with E-state index in [9.17, 15) is 9.18 Å². The predicted octanol–water partition coefficient (Wildman–Crippen LogP) is 2.52. The summed E-state index contributed by atoms with van der Waals surface area (Å²) in [7, 11) is 0. The third kappa shape index (κ3) is 2.16. The van der Waals surface area contributed by atoms with Crippen LogP contribution in [0.1, 0.15) is 45.9 Å². The average Bonchev–Trinajstić information content (AvgIpc) is 2.92. The fourth-order valence-electron chi connectivity index (χ4n) is 4.44. The number of anilines is 1. The lowest BCUT2D eigenvalue weighted by atomic mass is 9.87. The van der Waals surface area contributed by atoms with Crippen LogP contribution in [-0.4, -0.2) is 28.9 Å². The third-order valence-electron chi connectivity index (χ3n) is 5.68. The van der Waals surface area contributed by atoms with Gasteiger partial charge in [0, 0.05) is 30.6 Å². The van der Waals surface area contributed by atoms with Crippen LogP contribution >= 0.6 is 0 Å². The quantitative estimate of drug-likeness (QED) is 0.754. The molecule has 27 heavy (non-hydrogen) atoms. The van der Waals surface area contributed by atoms with Crippen molar-refractivity contribution >= 4 is 17.4 Å². The minimum absolute atomic E-state index is 0.0545. The molecule has 2 unspecified atom stereocenters. The molecular weight excluding hydrogens is 345 g/mol. The number of hydrogen-bond donors (Lipinski definition) is 2. The van der Waals surface area contributed by atoms with Crippen LogP contribution in [0.15, 0.2) is 41.4 Å². The Morgan fingerprint density at radius 1 is 1.37 bits per heavy atom. The molecule has 3 aliphatic rings. The smallest absolute Gasteiger partial charge is 0.254 e. The van der Waals surface area contributed by atoms with E-state index < -0.39 is 11.5 Å². The second kappa shape index (κ2) is 5.30. The van der Waals surface area contributed by atoms with Crippen molar-refractivity contribution in [3.8, 4) is 6.07 Å². The Bertz CT molecular complexity index is 1070. The van der Waals surface area contributed by atoms with Gasteiger partial charge in [0.05, 0.1) is 23.2 Å². The number of carbonyl (C=O) groups is 1. The number of fused-ring (bicyclic) bond motifs is 4. The largest absolute Gasteiger partial charge is 0.383 e. The number of aliphatic imine (C=N–C) groups is 1. The molecule has 0 saturated carbocycles. The highest BCUT2D eigenvalue weighted by molar-refractivity contribution is 6.04. The molecule has 5 rings (SSSR count). The van der Waals surface area contributed by atoms with Crippen LogP contribution < -0.4 is 11.1 Å². The Morgan fingerprint density at radius 2 is 2.22 bits per heavy atom. The molecule has 6 nitrogen and oxygen atoms in total. The van der Waals surface area contributed by atoms with Gasteiger partial charge in [-0.3, -0.25) is 4.79 Å². The topological polar surface area (TPSA) is 94.5 Å². The third-order valence-corrected chi connectivity index (χ3v) is 5.68. The fourth-order valence-corrected chi connectivity index (χ4v) is 4.44. The molecule has 2 atom stereocenters. The van der Waals surface area contributed by atoms with Crippen molar-refractivity contribution in [1.29, 1.82) is 5.26 Å². The lowest BCUT2D eigenvalue weighted by Crippen LogP contribution is -2.51. The maximum absolute atomic E-state index is 14.1. The van der Waals surface area contributed by atoms with Crippen molar-refractivity contribution in [3.63, 3.8) is 0 Å². The molecule has 1 saturated heterocycles. The first-order valence-corrected chi connectivity index (χ1v) is 8.79. The summed E-state index contributed by atoms with van der Waals surface area (Å²) in [4.78, 5) is 19.2. The average molecular weight is 361 g/mol. The molecular formula is C20H16FN5O. The summed E-state index contributed by atoms with van der Waals surface area (Å²) >= 11 is 0. The first kappa shape index (κ1) is 15.8. The van der Waals surface area contributed by atoms with Gasteiger partial charge in [-0.15, -0.1) is 0 Å². The molecule has 0 bridgehead atoms. The monoisotopic (exact) mass is 361 g/mol. The molecule has 0 radical (unpaired) electrons. The van der Waals surface area contributed by atoms with E-state index in [1.165, 1.54) is 6.07 Å². The van der Waals surface area contributed by atoms with Crippen molar-refractivity contribution in [1.82, 2.24) is 4.90 Å². The molecule has 1 spiro atoms. The maximum Gasteiger partial charge on any atom is 0.254 e. The Hall–Kier alpha value is -3.40. The van der Waals surface area contributed by atoms with E-state index in [2.05, 4.69) is 16.4 Å². The van der Waals surface area contributed by atoms with Crippen LogP contribution in [0, 0.1) is 17.1 Å². The SMILES string of the molecule is N#Cc1ccc2c(c1)C(=O)N1CCC3(CC21)N=C(N)c1c(F)cccc1N3. The molecule has 0 aliphatic carbocycles. The Kier molecular flexibility index (Phi) is 3.11. The second-order valence-electron chi connectivity index (χ2n) is 7.20. The summed E-state index contributed by atoms with van der Waals surface area (Å²) in [6.45, 7) is 0.508. The zero-order valence-electron chi connectivity index (χ0n) is 14.4. The second-order valence-corrected chi connectivity index (χ2v) is 7.20. The van der Waals surface area contributed by atoms with E-state index in [-0.39, 0.29) is 17.8 Å². The molecule has 1 amide bonds. The Labute approximate surface area is 155 Å². The summed E-state index contributed by atoms with van der Waals surface area (Å²) in [6.07, 6.45) is 1.11. The van der Waals surface area contributed by atoms with Gasteiger partial charge in [-0.05, 0) is 29.8 Å². The first-order valence-electron chi connectivity index (χ1n) is 8.79. The van der Waals surface area contributed by atoms with E-state index in [4.69, 9.17) is 11.0 Å². The van der Waals surface area contributed by atoms with Gasteiger partial charge in [0.2, 0.25) is 0 Å². The van der Waals surface area contributed by atoms with Gasteiger partial charge in [0.1, 0.15) is 17.3 Å². The summed E-state index contributed by atoms with van der Waals surface area (Å²) < 4.78 is 14.1. The molecule has 3 aliphatic heterocycles. The van der Waals surface area contributed by atoms with Gasteiger partial charge in [-0.25, -0.2) is 9.38 Å². The van der Waals surface area contributed by atoms with Gasteiger partial charge in [0.15, 0.2) is 0 Å². The summed E-state index contributed by atoms with van der Waals surface area (Å²) in [5.41, 5.74) is 8.30. The van der Waals surface area contributed by atoms with Crippen LogP contribution in [0.25, 0.3) is 0 Å². The van der Waals surface area contributed by atoms with Crippen LogP contribution in [0.4, 0.5) is 10.1 Å². The minimum Gasteiger partial charge on any atom is -0.383 e. The molecule has 2 aromatic rings. The Balaban J connectivity index is 1.55. The van der Waals surface area contributed by atoms with Gasteiger partial charge in [-0.2, -0.15) is 5.26 Å². The summed E-state index contributed by atoms with van der Waals surface area (Å²) in [5, 5.41) is 12.5. The van der Waals surface area contributed by atoms with E-state index in [1.54, 1.807) is 24.3 Å². The number of amides is 1. The highest BCUT2D eigenvalue weighted by Gasteiger charge is 2.48. The van der Waals surface area contributed by atoms with Crippen LogP contribution in [-0.2, 0) is 0 Å². The molecule has 2 aromatic carbocycles. The highest BCUT2D eigenvalue weighted by atomic mass is 19.1. The maximum atomic E-state index is 14.1. The number of benzene rings is 2. The molecule has 134 valence electrons. The lowest BCUT2D eigenvalue weighted by molar-refractivity contribution is 0.0606. The molecule has 3 heterocycles. The normalized spacial score (nSPS) is 25.2. The van der Waals surface area contributed by atoms with E-state index in [1.807, 2.05) is 11.0 Å². The molecule has 1 fully saturated rings. The van der Waals surface area contributed by atoms with Crippen molar-refractivity contribution in [2.24, 2.45) is 10.7 Å². The number of carbonyl (C=O) groups excluding carboxylic acids is 1. The molecule has 0 aromatic heterocycles. The number of nitriles is 1. The van der Waals surface area contributed by atoms with E-state index in [0.717, 1.165) is 5.56 Å². The van der Waals surface area contributed by atoms with Gasteiger partial charge in [-0.1, -0.05) is 12.1 Å². The predicted molar refractivity (Wildman–Crippen MR) is 97.6 cm³/mol. The standard InChI is InChI=1S/C20H16FN5O/c21-14-2-1-3-15-17(14)18(23)25-20(24-15)6-7-26-16(9-20)12-5-4-11(10-22)8-13(12)19(26)27/h1-5,8,16,24H,6-7,9H2,(H2,23,25). The molecule has 7 heteroatoms. The van der Waals surface area contributed by atoms with Gasteiger partial charge in [0.25, 0.3) is 5.91 Å². The van der Waals surface area contributed by atoms with Crippen LogP contribution in [0.5, 0.6) is 0 Å². The lowest BCUT2D eigenvalue weighted by Gasteiger charge is -2.44. The first-order chi connectivity index (χ1) is 13.0. The van der Waals surface area contributed by atoms with Crippen LogP contribution in [0.3, 0.4) is 0 Å². The van der Waals surface area contributed by atoms with Gasteiger partial charge >= 0.3 is 0 Å². The Morgan fingerprint density at radius 3 is 3.04 bits per heavy atom. The van der Waals surface area contributed by atoms with Crippen molar-refractivity contribution in [3.05, 3.63) is 64.5 Å². The number of halogens is 1. The number of amidine groups is 1. The zero-order valence-corrected chi connectivity index (χ0v) is 14.4. The number of nitrogens with zero attached hydrogens (tertiary/aromatic N) is 3. The minimum atomic E-state index is -0.679. The van der Waals surface area contributed by atoms with Crippen molar-refractivity contribution in [2.75, 3.05) is 11.9 Å². The van der Waals surface area contributed by atoms with Gasteiger partial charge < -0.3 is 16.0 Å². The zero-order chi connectivity index (χ0) is 18.8. The van der Waals surface area contributed by atoms with Crippen molar-refractivity contribution < 1.29 is 9.18 Å². The number of hydrogen-bond acceptors (Lipinski definition) is 5. The molecule has 3 N–H and O–H groups in total. The number of piperidine rings is 1. The number of nitrogens with two attached hydrogens (primary N) is 1. The van der Waals surface area contributed by atoms with E-state index in [0.29, 0.717) is 41.8 Å². The van der Waals surface area contributed by atoms with Crippen LogP contribution in [0.2, 0.25) is 0 Å². The summed E-state index contributed by atoms with van der Waals surface area (Å²) in [6, 6.07) is 12.0.